The summed E-state index contributed by atoms with van der Waals surface area (Å²) in [5.74, 6) is -1.73. The number of carbonyl (C=O) groups is 1. The van der Waals surface area contributed by atoms with E-state index in [0.29, 0.717) is 27.0 Å². The van der Waals surface area contributed by atoms with Gasteiger partial charge in [0.05, 0.1) is 5.92 Å². The van der Waals surface area contributed by atoms with E-state index in [9.17, 15) is 18.0 Å². The monoisotopic (exact) mass is 274 g/mol. The molecule has 0 spiro atoms. The molecule has 1 aromatic carbocycles. The second-order valence-electron chi connectivity index (χ2n) is 3.97. The van der Waals surface area contributed by atoms with Crippen LogP contribution in [0.15, 0.2) is 24.3 Å². The van der Waals surface area contributed by atoms with E-state index in [1.807, 2.05) is 0 Å². The number of alkyl halides is 3. The molecule has 1 aromatic heterocycles. The fourth-order valence-electron chi connectivity index (χ4n) is 1.61. The third-order valence-corrected chi connectivity index (χ3v) is 3.85. The molecule has 2 aromatic rings. The zero-order valence-corrected chi connectivity index (χ0v) is 10.1. The Bertz CT molecular complexity index is 601. The minimum atomic E-state index is -4.36. The summed E-state index contributed by atoms with van der Waals surface area (Å²) >= 11 is 0.661. The Balaban J connectivity index is 2.49. The van der Waals surface area contributed by atoms with Gasteiger partial charge < -0.3 is 5.11 Å². The lowest BCUT2D eigenvalue weighted by Crippen LogP contribution is -2.06. The lowest BCUT2D eigenvalue weighted by atomic mass is 10.0. The van der Waals surface area contributed by atoms with Crippen molar-refractivity contribution in [1.29, 1.82) is 0 Å². The molecule has 0 aliphatic carbocycles. The van der Waals surface area contributed by atoms with E-state index in [0.717, 1.165) is 6.07 Å². The van der Waals surface area contributed by atoms with Gasteiger partial charge in [-0.3, -0.25) is 4.79 Å². The molecule has 1 N–H and O–H groups in total. The predicted molar refractivity (Wildman–Crippen MR) is 62.9 cm³/mol. The van der Waals surface area contributed by atoms with Crippen molar-refractivity contribution in [3.63, 3.8) is 0 Å². The van der Waals surface area contributed by atoms with E-state index < -0.39 is 22.9 Å². The lowest BCUT2D eigenvalue weighted by molar-refractivity contribution is -0.138. The Hall–Kier alpha value is -1.56. The van der Waals surface area contributed by atoms with Crippen molar-refractivity contribution in [3.05, 3.63) is 34.7 Å². The first-order valence-electron chi connectivity index (χ1n) is 5.12. The van der Waals surface area contributed by atoms with E-state index in [1.54, 1.807) is 6.07 Å². The van der Waals surface area contributed by atoms with Gasteiger partial charge in [-0.25, -0.2) is 0 Å². The maximum absolute atomic E-state index is 12.5. The Labute approximate surface area is 105 Å². The number of carboxylic acids is 1. The van der Waals surface area contributed by atoms with Crippen LogP contribution in [-0.2, 0) is 11.0 Å². The SMILES string of the molecule is CC(C(=O)O)c1ccc2sc(C(F)(F)F)cc2c1. The van der Waals surface area contributed by atoms with Gasteiger partial charge in [0.2, 0.25) is 0 Å². The summed E-state index contributed by atoms with van der Waals surface area (Å²) in [6.45, 7) is 1.50. The van der Waals surface area contributed by atoms with Crippen LogP contribution in [0.2, 0.25) is 0 Å². The van der Waals surface area contributed by atoms with Crippen LogP contribution < -0.4 is 0 Å². The Morgan fingerprint density at radius 2 is 2.00 bits per heavy atom. The largest absolute Gasteiger partial charge is 0.481 e. The summed E-state index contributed by atoms with van der Waals surface area (Å²) in [5.41, 5.74) is 0.501. The molecule has 0 amide bonds. The fraction of sp³-hybridized carbons (Fsp3) is 0.250. The molecule has 0 fully saturated rings. The molecule has 96 valence electrons. The molecular formula is C12H9F3O2S. The number of fused-ring (bicyclic) bond motifs is 1. The average Bonchev–Trinajstić information content (AvgIpc) is 2.69. The molecule has 1 heterocycles. The van der Waals surface area contributed by atoms with Crippen molar-refractivity contribution in [2.24, 2.45) is 0 Å². The number of benzene rings is 1. The summed E-state index contributed by atoms with van der Waals surface area (Å²) in [6, 6.07) is 5.64. The number of thiophene rings is 1. The van der Waals surface area contributed by atoms with Crippen molar-refractivity contribution >= 4 is 27.4 Å². The van der Waals surface area contributed by atoms with Crippen LogP contribution in [0.5, 0.6) is 0 Å². The maximum Gasteiger partial charge on any atom is 0.425 e. The quantitative estimate of drug-likeness (QED) is 0.894. The molecule has 0 aliphatic heterocycles. The van der Waals surface area contributed by atoms with Crippen molar-refractivity contribution < 1.29 is 23.1 Å². The highest BCUT2D eigenvalue weighted by Crippen LogP contribution is 2.38. The van der Waals surface area contributed by atoms with Crippen molar-refractivity contribution in [2.45, 2.75) is 19.0 Å². The molecule has 0 saturated heterocycles. The zero-order chi connectivity index (χ0) is 13.5. The number of aliphatic carboxylic acids is 1. The fourth-order valence-corrected chi connectivity index (χ4v) is 2.52. The van der Waals surface area contributed by atoms with Crippen LogP contribution in [0.25, 0.3) is 10.1 Å². The second-order valence-corrected chi connectivity index (χ2v) is 5.05. The van der Waals surface area contributed by atoms with Gasteiger partial charge in [-0.15, -0.1) is 11.3 Å². The third kappa shape index (κ3) is 2.33. The van der Waals surface area contributed by atoms with Crippen molar-refractivity contribution in [1.82, 2.24) is 0 Å². The molecule has 0 radical (unpaired) electrons. The van der Waals surface area contributed by atoms with Crippen LogP contribution in [0.1, 0.15) is 23.3 Å². The van der Waals surface area contributed by atoms with E-state index in [2.05, 4.69) is 0 Å². The Morgan fingerprint density at radius 3 is 2.56 bits per heavy atom. The minimum Gasteiger partial charge on any atom is -0.481 e. The first-order valence-corrected chi connectivity index (χ1v) is 5.94. The first-order chi connectivity index (χ1) is 8.29. The highest BCUT2D eigenvalue weighted by molar-refractivity contribution is 7.19. The van der Waals surface area contributed by atoms with Crippen LogP contribution in [0.3, 0.4) is 0 Å². The molecule has 2 rings (SSSR count). The van der Waals surface area contributed by atoms with Gasteiger partial charge >= 0.3 is 12.1 Å². The second kappa shape index (κ2) is 4.28. The van der Waals surface area contributed by atoms with E-state index in [1.165, 1.54) is 19.1 Å². The summed E-state index contributed by atoms with van der Waals surface area (Å²) in [6.07, 6.45) is -4.36. The number of hydrogen-bond acceptors (Lipinski definition) is 2. The van der Waals surface area contributed by atoms with Crippen LogP contribution in [0.4, 0.5) is 13.2 Å². The number of carboxylic acid groups (broad SMARTS) is 1. The number of hydrogen-bond donors (Lipinski definition) is 1. The van der Waals surface area contributed by atoms with Gasteiger partial charge in [-0.2, -0.15) is 13.2 Å². The number of rotatable bonds is 2. The molecule has 1 unspecified atom stereocenters. The van der Waals surface area contributed by atoms with E-state index >= 15 is 0 Å². The molecule has 1 atom stereocenters. The van der Waals surface area contributed by atoms with E-state index in [4.69, 9.17) is 5.11 Å². The molecule has 0 saturated carbocycles. The maximum atomic E-state index is 12.5. The van der Waals surface area contributed by atoms with Gasteiger partial charge in [0.1, 0.15) is 4.88 Å². The summed E-state index contributed by atoms with van der Waals surface area (Å²) in [5, 5.41) is 9.29. The minimum absolute atomic E-state index is 0.429. The van der Waals surface area contributed by atoms with Gasteiger partial charge in [0, 0.05) is 4.70 Å². The molecular weight excluding hydrogens is 265 g/mol. The highest BCUT2D eigenvalue weighted by atomic mass is 32.1. The zero-order valence-electron chi connectivity index (χ0n) is 9.28. The molecule has 0 bridgehead atoms. The van der Waals surface area contributed by atoms with Gasteiger partial charge in [-0.1, -0.05) is 6.07 Å². The Kier molecular flexibility index (Phi) is 3.06. The molecule has 6 heteroatoms. The topological polar surface area (TPSA) is 37.3 Å². The van der Waals surface area contributed by atoms with Gasteiger partial charge in [0.15, 0.2) is 0 Å². The van der Waals surface area contributed by atoms with Gasteiger partial charge in [0.25, 0.3) is 0 Å². The van der Waals surface area contributed by atoms with Gasteiger partial charge in [-0.05, 0) is 36.1 Å². The Morgan fingerprint density at radius 1 is 1.33 bits per heavy atom. The molecule has 2 nitrogen and oxygen atoms in total. The average molecular weight is 274 g/mol. The van der Waals surface area contributed by atoms with Crippen LogP contribution in [0, 0.1) is 0 Å². The van der Waals surface area contributed by atoms with Crippen LogP contribution >= 0.6 is 11.3 Å². The van der Waals surface area contributed by atoms with E-state index in [-0.39, 0.29) is 0 Å². The van der Waals surface area contributed by atoms with Crippen molar-refractivity contribution in [2.75, 3.05) is 0 Å². The summed E-state index contributed by atoms with van der Waals surface area (Å²) in [7, 11) is 0. The number of halogens is 3. The third-order valence-electron chi connectivity index (χ3n) is 2.69. The normalized spacial score (nSPS) is 13.8. The van der Waals surface area contributed by atoms with Crippen LogP contribution in [-0.4, -0.2) is 11.1 Å². The predicted octanol–water partition coefficient (Wildman–Crippen LogP) is 4.11. The lowest BCUT2D eigenvalue weighted by Gasteiger charge is -2.05. The summed E-state index contributed by atoms with van der Waals surface area (Å²) < 4.78 is 38.1. The van der Waals surface area contributed by atoms with Crippen molar-refractivity contribution in [3.8, 4) is 0 Å². The smallest absolute Gasteiger partial charge is 0.425 e. The summed E-state index contributed by atoms with van der Waals surface area (Å²) in [4.78, 5) is 10.2. The molecule has 18 heavy (non-hydrogen) atoms. The highest BCUT2D eigenvalue weighted by Gasteiger charge is 2.32. The standard InChI is InChI=1S/C12H9F3O2S/c1-6(11(16)17)7-2-3-9-8(4-7)5-10(18-9)12(13,14)15/h2-6H,1H3,(H,16,17). The molecule has 0 aliphatic rings. The first kappa shape index (κ1) is 12.9.